The molecule has 2 rings (SSSR count). The van der Waals surface area contributed by atoms with E-state index >= 15 is 0 Å². The fourth-order valence-electron chi connectivity index (χ4n) is 1.82. The van der Waals surface area contributed by atoms with Crippen molar-refractivity contribution in [1.82, 2.24) is 4.90 Å². The number of benzene rings is 2. The maximum absolute atomic E-state index is 14.1. The van der Waals surface area contributed by atoms with Gasteiger partial charge in [0.2, 0.25) is 6.41 Å². The normalized spacial score (nSPS) is 10.1. The molecule has 2 aromatic carbocycles. The maximum atomic E-state index is 14.1. The molecule has 0 spiro atoms. The molecular weight excluding hydrogens is 428 g/mol. The van der Waals surface area contributed by atoms with Gasteiger partial charge in [-0.05, 0) is 56.1 Å². The van der Waals surface area contributed by atoms with Gasteiger partial charge in [0, 0.05) is 11.6 Å². The van der Waals surface area contributed by atoms with Crippen LogP contribution in [-0.4, -0.2) is 37.4 Å². The fraction of sp³-hybridized carbons (Fsp3) is 0.235. The molecule has 0 radical (unpaired) electrons. The van der Waals surface area contributed by atoms with Gasteiger partial charge in [0.1, 0.15) is 11.6 Å². The van der Waals surface area contributed by atoms with Crippen molar-refractivity contribution in [2.24, 2.45) is 0 Å². The van der Waals surface area contributed by atoms with E-state index in [1.807, 2.05) is 26.0 Å². The van der Waals surface area contributed by atoms with Gasteiger partial charge in [0.05, 0.1) is 21.1 Å². The molecule has 0 heterocycles. The number of nitrogens with zero attached hydrogens (tertiary/aromatic N) is 2. The van der Waals surface area contributed by atoms with Crippen LogP contribution in [0, 0.1) is 28.7 Å². The summed E-state index contributed by atoms with van der Waals surface area (Å²) in [6.45, 7) is 1.43. The number of carbonyl (C=O) groups excluding carboxylic acids is 1. The first kappa shape index (κ1) is 22.5. The molecule has 0 aliphatic rings. The number of ether oxygens (including phenoxy) is 1. The average molecular weight is 446 g/mol. The Kier molecular flexibility index (Phi) is 8.26. The molecule has 0 aliphatic carbocycles. The first-order chi connectivity index (χ1) is 12.6. The molecule has 0 saturated heterocycles. The molecule has 0 aliphatic heterocycles. The quantitative estimate of drug-likeness (QED) is 0.416. The van der Waals surface area contributed by atoms with Gasteiger partial charge in [-0.25, -0.2) is 8.78 Å². The summed E-state index contributed by atoms with van der Waals surface area (Å²) in [6, 6.07) is 4.16. The highest BCUT2D eigenvalue weighted by Crippen LogP contribution is 2.39. The molecule has 1 amide bonds. The Morgan fingerprint density at radius 1 is 1.22 bits per heavy atom. The number of rotatable bonds is 5. The van der Waals surface area contributed by atoms with Gasteiger partial charge in [-0.3, -0.25) is 14.9 Å². The van der Waals surface area contributed by atoms with Crippen LogP contribution in [0.25, 0.3) is 0 Å². The molecule has 0 unspecified atom stereocenters. The number of nitrogens with one attached hydrogen (secondary N) is 1. The molecule has 0 bridgehead atoms. The first-order valence-corrected chi connectivity index (χ1v) is 8.29. The van der Waals surface area contributed by atoms with Crippen LogP contribution in [0.15, 0.2) is 28.7 Å². The number of amides is 1. The van der Waals surface area contributed by atoms with Crippen LogP contribution in [-0.2, 0) is 4.79 Å². The Bertz CT molecular complexity index is 845. The summed E-state index contributed by atoms with van der Waals surface area (Å²) < 4.78 is 32.9. The summed E-state index contributed by atoms with van der Waals surface area (Å²) in [5.74, 6) is -1.88. The average Bonchev–Trinajstić information content (AvgIpc) is 2.57. The van der Waals surface area contributed by atoms with Gasteiger partial charge in [-0.15, -0.1) is 0 Å². The van der Waals surface area contributed by atoms with Crippen LogP contribution in [0.4, 0.5) is 20.2 Å². The standard InChI is InChI=1S/C14H9BrF2N2O4.C3H9N/c1-7-12(19(21)22)5-10(17)14(13(7)15)23-8-2-3-9(16)11(4-8)18-6-20;1-4(2)3/h2-6H,1H3,(H,18,20);1-3H3. The highest BCUT2D eigenvalue weighted by Gasteiger charge is 2.22. The lowest BCUT2D eigenvalue weighted by Gasteiger charge is -2.12. The second-order valence-corrected chi connectivity index (χ2v) is 6.54. The SMILES string of the molecule is CN(C)C.Cc1c([N+](=O)[O-])cc(F)c(Oc2ccc(F)c(NC=O)c2)c1Br. The van der Waals surface area contributed by atoms with Gasteiger partial charge in [0.15, 0.2) is 11.6 Å². The lowest BCUT2D eigenvalue weighted by molar-refractivity contribution is -0.385. The van der Waals surface area contributed by atoms with Crippen molar-refractivity contribution in [2.75, 3.05) is 26.5 Å². The number of carbonyl (C=O) groups is 1. The minimum atomic E-state index is -0.955. The maximum Gasteiger partial charge on any atom is 0.276 e. The van der Waals surface area contributed by atoms with E-state index in [9.17, 15) is 23.7 Å². The zero-order chi connectivity index (χ0) is 20.7. The summed E-state index contributed by atoms with van der Waals surface area (Å²) in [5.41, 5.74) is -0.364. The van der Waals surface area contributed by atoms with Gasteiger partial charge in [0.25, 0.3) is 5.69 Å². The summed E-state index contributed by atoms with van der Waals surface area (Å²) in [4.78, 5) is 22.5. The third-order valence-electron chi connectivity index (χ3n) is 2.96. The molecule has 27 heavy (non-hydrogen) atoms. The predicted molar refractivity (Wildman–Crippen MR) is 101 cm³/mol. The van der Waals surface area contributed by atoms with E-state index in [2.05, 4.69) is 21.2 Å². The number of anilines is 1. The molecule has 0 fully saturated rings. The second kappa shape index (κ2) is 9.93. The Labute approximate surface area is 163 Å². The smallest absolute Gasteiger partial charge is 0.276 e. The predicted octanol–water partition coefficient (Wildman–Crippen LogP) is 4.48. The van der Waals surface area contributed by atoms with E-state index in [1.165, 1.54) is 13.0 Å². The molecule has 0 atom stereocenters. The second-order valence-electron chi connectivity index (χ2n) is 5.75. The van der Waals surface area contributed by atoms with Crippen LogP contribution in [0.3, 0.4) is 0 Å². The van der Waals surface area contributed by atoms with Gasteiger partial charge in [-0.2, -0.15) is 0 Å². The number of nitro benzene ring substituents is 1. The summed E-state index contributed by atoms with van der Waals surface area (Å²) >= 11 is 3.06. The summed E-state index contributed by atoms with van der Waals surface area (Å²) in [6.07, 6.45) is 0.286. The molecule has 1 N–H and O–H groups in total. The first-order valence-electron chi connectivity index (χ1n) is 7.50. The number of nitro groups is 1. The third kappa shape index (κ3) is 6.26. The highest BCUT2D eigenvalue weighted by atomic mass is 79.9. The lowest BCUT2D eigenvalue weighted by atomic mass is 10.2. The van der Waals surface area contributed by atoms with Crippen LogP contribution >= 0.6 is 15.9 Å². The van der Waals surface area contributed by atoms with Crippen LogP contribution < -0.4 is 10.1 Å². The topological polar surface area (TPSA) is 84.7 Å². The van der Waals surface area contributed by atoms with Crippen LogP contribution in [0.2, 0.25) is 0 Å². The minimum absolute atomic E-state index is 0.0450. The van der Waals surface area contributed by atoms with E-state index in [-0.39, 0.29) is 33.6 Å². The molecule has 10 heteroatoms. The summed E-state index contributed by atoms with van der Waals surface area (Å²) in [7, 11) is 6.00. The Morgan fingerprint density at radius 2 is 1.81 bits per heavy atom. The molecular formula is C17H18BrF2N3O4. The van der Waals surface area contributed by atoms with E-state index in [4.69, 9.17) is 4.74 Å². The Balaban J connectivity index is 0.000000828. The van der Waals surface area contributed by atoms with E-state index in [0.29, 0.717) is 0 Å². The van der Waals surface area contributed by atoms with Crippen molar-refractivity contribution in [1.29, 1.82) is 0 Å². The number of hydrogen-bond donors (Lipinski definition) is 1. The van der Waals surface area contributed by atoms with Gasteiger partial charge >= 0.3 is 0 Å². The van der Waals surface area contributed by atoms with Gasteiger partial charge < -0.3 is 15.0 Å². The number of hydrogen-bond acceptors (Lipinski definition) is 5. The van der Waals surface area contributed by atoms with Gasteiger partial charge in [-0.1, -0.05) is 0 Å². The highest BCUT2D eigenvalue weighted by molar-refractivity contribution is 9.10. The zero-order valence-corrected chi connectivity index (χ0v) is 16.6. The lowest BCUT2D eigenvalue weighted by Crippen LogP contribution is -2.00. The number of halogens is 3. The molecule has 2 aromatic rings. The van der Waals surface area contributed by atoms with Crippen molar-refractivity contribution in [3.8, 4) is 11.5 Å². The van der Waals surface area contributed by atoms with Crippen LogP contribution in [0.5, 0.6) is 11.5 Å². The monoisotopic (exact) mass is 445 g/mol. The fourth-order valence-corrected chi connectivity index (χ4v) is 2.30. The van der Waals surface area contributed by atoms with Crippen molar-refractivity contribution in [3.05, 3.63) is 56.1 Å². The van der Waals surface area contributed by atoms with E-state index in [0.717, 1.165) is 18.2 Å². The molecule has 0 saturated carbocycles. The van der Waals surface area contributed by atoms with E-state index < -0.39 is 22.2 Å². The summed E-state index contributed by atoms with van der Waals surface area (Å²) in [5, 5.41) is 13.0. The Morgan fingerprint density at radius 3 is 2.33 bits per heavy atom. The zero-order valence-electron chi connectivity index (χ0n) is 15.0. The molecule has 7 nitrogen and oxygen atoms in total. The van der Waals surface area contributed by atoms with Crippen molar-refractivity contribution in [2.45, 2.75) is 6.92 Å². The van der Waals surface area contributed by atoms with Crippen molar-refractivity contribution in [3.63, 3.8) is 0 Å². The van der Waals surface area contributed by atoms with E-state index in [1.54, 1.807) is 0 Å². The molecule has 0 aromatic heterocycles. The van der Waals surface area contributed by atoms with Crippen molar-refractivity contribution >= 4 is 33.7 Å². The molecule has 146 valence electrons. The third-order valence-corrected chi connectivity index (χ3v) is 3.92. The largest absolute Gasteiger partial charge is 0.453 e. The Hall–Kier alpha value is -2.59. The minimum Gasteiger partial charge on any atom is -0.453 e. The van der Waals surface area contributed by atoms with Crippen molar-refractivity contribution < 1.29 is 23.2 Å². The van der Waals surface area contributed by atoms with Crippen LogP contribution in [0.1, 0.15) is 5.56 Å².